The number of aromatic amines is 1. The molecule has 31 heavy (non-hydrogen) atoms. The van der Waals surface area contributed by atoms with Gasteiger partial charge in [-0.25, -0.2) is 0 Å². The number of halogens is 3. The Hall–Kier alpha value is -3.39. The second-order valence-corrected chi connectivity index (χ2v) is 7.48. The van der Waals surface area contributed by atoms with Gasteiger partial charge in [0.2, 0.25) is 0 Å². The third-order valence-corrected chi connectivity index (χ3v) is 5.45. The van der Waals surface area contributed by atoms with Gasteiger partial charge in [0.05, 0.1) is 28.5 Å². The number of ether oxygens (including phenoxy) is 1. The maximum Gasteiger partial charge on any atom is 0.416 e. The Balaban J connectivity index is 1.66. The van der Waals surface area contributed by atoms with Crippen LogP contribution in [0, 0.1) is 0 Å². The molecule has 1 aliphatic heterocycles. The predicted molar refractivity (Wildman–Crippen MR) is 112 cm³/mol. The molecule has 158 valence electrons. The maximum atomic E-state index is 13.4. The summed E-state index contributed by atoms with van der Waals surface area (Å²) in [6.45, 7) is 1.47. The van der Waals surface area contributed by atoms with Gasteiger partial charge in [0, 0.05) is 29.6 Å². The van der Waals surface area contributed by atoms with Crippen molar-refractivity contribution in [1.29, 1.82) is 0 Å². The van der Waals surface area contributed by atoms with E-state index in [-0.39, 0.29) is 0 Å². The summed E-state index contributed by atoms with van der Waals surface area (Å²) in [5.74, 6) is 0.566. The van der Waals surface area contributed by atoms with Crippen molar-refractivity contribution in [2.75, 3.05) is 13.2 Å². The minimum Gasteiger partial charge on any atom is -0.490 e. The van der Waals surface area contributed by atoms with Gasteiger partial charge in [-0.1, -0.05) is 12.1 Å². The minimum atomic E-state index is -4.43. The van der Waals surface area contributed by atoms with Gasteiger partial charge in [0.25, 0.3) is 0 Å². The van der Waals surface area contributed by atoms with Crippen LogP contribution in [0.1, 0.15) is 12.0 Å². The van der Waals surface area contributed by atoms with Crippen LogP contribution in [0.2, 0.25) is 0 Å². The molecule has 0 saturated carbocycles. The van der Waals surface area contributed by atoms with E-state index in [2.05, 4.69) is 20.3 Å². The molecule has 4 aromatic rings. The monoisotopic (exact) mass is 424 g/mol. The molecule has 1 atom stereocenters. The van der Waals surface area contributed by atoms with Crippen LogP contribution in [0.15, 0.2) is 61.1 Å². The molecular formula is C23H19F3N4O. The number of hydrogen-bond donors (Lipinski definition) is 2. The maximum absolute atomic E-state index is 13.4. The second kappa shape index (κ2) is 7.70. The molecule has 1 aliphatic rings. The quantitative estimate of drug-likeness (QED) is 0.471. The van der Waals surface area contributed by atoms with Crippen molar-refractivity contribution in [2.24, 2.45) is 0 Å². The van der Waals surface area contributed by atoms with E-state index in [0.717, 1.165) is 36.2 Å². The summed E-state index contributed by atoms with van der Waals surface area (Å²) in [7, 11) is 0. The highest BCUT2D eigenvalue weighted by Crippen LogP contribution is 2.42. The molecule has 0 aliphatic carbocycles. The summed E-state index contributed by atoms with van der Waals surface area (Å²) >= 11 is 0. The molecule has 0 bridgehead atoms. The van der Waals surface area contributed by atoms with Crippen molar-refractivity contribution in [2.45, 2.75) is 18.6 Å². The number of nitrogens with one attached hydrogen (secondary N) is 2. The van der Waals surface area contributed by atoms with Crippen LogP contribution >= 0.6 is 0 Å². The summed E-state index contributed by atoms with van der Waals surface area (Å²) in [5.41, 5.74) is 3.02. The third kappa shape index (κ3) is 3.74. The molecule has 4 heterocycles. The molecule has 1 fully saturated rings. The van der Waals surface area contributed by atoms with Crippen LogP contribution in [-0.4, -0.2) is 34.1 Å². The SMILES string of the molecule is FC(F)(F)c1cccc(-c2c(-c3ccncc3OC[C@H]3CCN3)[nH]c3cccnc23)c1. The topological polar surface area (TPSA) is 62.8 Å². The Labute approximate surface area is 176 Å². The van der Waals surface area contributed by atoms with Gasteiger partial charge in [-0.2, -0.15) is 13.2 Å². The van der Waals surface area contributed by atoms with Crippen molar-refractivity contribution in [1.82, 2.24) is 20.3 Å². The zero-order chi connectivity index (χ0) is 21.4. The molecule has 1 saturated heterocycles. The number of pyridine rings is 2. The number of H-pyrrole nitrogens is 1. The number of aromatic nitrogens is 3. The first-order chi connectivity index (χ1) is 15.0. The van der Waals surface area contributed by atoms with Crippen LogP contribution in [0.3, 0.4) is 0 Å². The fraction of sp³-hybridized carbons (Fsp3) is 0.217. The molecule has 1 aromatic carbocycles. The molecule has 8 heteroatoms. The van der Waals surface area contributed by atoms with E-state index < -0.39 is 11.7 Å². The Morgan fingerprint density at radius 1 is 1.10 bits per heavy atom. The number of nitrogens with zero attached hydrogens (tertiary/aromatic N) is 2. The Morgan fingerprint density at radius 2 is 1.97 bits per heavy atom. The lowest BCUT2D eigenvalue weighted by Gasteiger charge is -2.27. The Bertz CT molecular complexity index is 1230. The highest BCUT2D eigenvalue weighted by molar-refractivity contribution is 6.02. The highest BCUT2D eigenvalue weighted by Gasteiger charge is 2.31. The van der Waals surface area contributed by atoms with Gasteiger partial charge in [-0.3, -0.25) is 9.97 Å². The number of benzene rings is 1. The van der Waals surface area contributed by atoms with E-state index in [1.165, 1.54) is 6.07 Å². The van der Waals surface area contributed by atoms with Crippen LogP contribution in [0.4, 0.5) is 13.2 Å². The van der Waals surface area contributed by atoms with Crippen molar-refractivity contribution in [3.63, 3.8) is 0 Å². The van der Waals surface area contributed by atoms with Crippen LogP contribution in [-0.2, 0) is 6.18 Å². The lowest BCUT2D eigenvalue weighted by atomic mass is 9.98. The minimum absolute atomic E-state index is 0.292. The standard InChI is InChI=1S/C23H19F3N4O/c24-23(25,26)15-4-1-3-14(11-15)20-21(30-18-5-2-8-29-22(18)20)17-7-9-27-12-19(17)31-13-16-6-10-28-16/h1-5,7-9,11-12,16,28,30H,6,10,13H2/t16-/m1/s1. The average Bonchev–Trinajstić information content (AvgIpc) is 3.12. The van der Waals surface area contributed by atoms with E-state index >= 15 is 0 Å². The Kier molecular flexibility index (Phi) is 4.86. The molecule has 0 radical (unpaired) electrons. The summed E-state index contributed by atoms with van der Waals surface area (Å²) in [5, 5.41) is 3.28. The van der Waals surface area contributed by atoms with Crippen LogP contribution in [0.25, 0.3) is 33.4 Å². The van der Waals surface area contributed by atoms with E-state index in [9.17, 15) is 13.2 Å². The van der Waals surface area contributed by atoms with E-state index in [1.807, 2.05) is 6.07 Å². The lowest BCUT2D eigenvalue weighted by molar-refractivity contribution is -0.137. The Morgan fingerprint density at radius 3 is 2.74 bits per heavy atom. The molecular weight excluding hydrogens is 405 g/mol. The van der Waals surface area contributed by atoms with E-state index in [1.54, 1.807) is 36.8 Å². The van der Waals surface area contributed by atoms with Gasteiger partial charge in [0.15, 0.2) is 0 Å². The van der Waals surface area contributed by atoms with Gasteiger partial charge >= 0.3 is 6.18 Å². The van der Waals surface area contributed by atoms with Gasteiger partial charge < -0.3 is 15.0 Å². The fourth-order valence-corrected chi connectivity index (χ4v) is 3.74. The van der Waals surface area contributed by atoms with Crippen LogP contribution in [0.5, 0.6) is 5.75 Å². The second-order valence-electron chi connectivity index (χ2n) is 7.48. The van der Waals surface area contributed by atoms with Gasteiger partial charge in [0.1, 0.15) is 12.4 Å². The number of fused-ring (bicyclic) bond motifs is 1. The fourth-order valence-electron chi connectivity index (χ4n) is 3.74. The summed E-state index contributed by atoms with van der Waals surface area (Å²) < 4.78 is 46.1. The van der Waals surface area contributed by atoms with E-state index in [0.29, 0.717) is 40.7 Å². The number of alkyl halides is 3. The average molecular weight is 424 g/mol. The molecule has 5 nitrogen and oxygen atoms in total. The summed E-state index contributed by atoms with van der Waals surface area (Å²) in [6, 6.07) is 11.0. The molecule has 2 N–H and O–H groups in total. The van der Waals surface area contributed by atoms with Crippen molar-refractivity contribution < 1.29 is 17.9 Å². The molecule has 0 unspecified atom stereocenters. The first-order valence-corrected chi connectivity index (χ1v) is 9.95. The zero-order valence-corrected chi connectivity index (χ0v) is 16.4. The normalized spacial score (nSPS) is 16.3. The summed E-state index contributed by atoms with van der Waals surface area (Å²) in [6.07, 6.45) is 1.50. The van der Waals surface area contributed by atoms with Crippen molar-refractivity contribution in [3.8, 4) is 28.1 Å². The molecule has 3 aromatic heterocycles. The first kappa shape index (κ1) is 19.6. The third-order valence-electron chi connectivity index (χ3n) is 5.45. The molecule has 0 spiro atoms. The number of rotatable bonds is 5. The first-order valence-electron chi connectivity index (χ1n) is 9.95. The number of hydrogen-bond acceptors (Lipinski definition) is 4. The van der Waals surface area contributed by atoms with Crippen molar-refractivity contribution in [3.05, 3.63) is 66.6 Å². The zero-order valence-electron chi connectivity index (χ0n) is 16.4. The summed E-state index contributed by atoms with van der Waals surface area (Å²) in [4.78, 5) is 11.9. The van der Waals surface area contributed by atoms with Gasteiger partial charge in [-0.15, -0.1) is 0 Å². The van der Waals surface area contributed by atoms with E-state index in [4.69, 9.17) is 4.74 Å². The predicted octanol–water partition coefficient (Wildman–Crippen LogP) is 5.05. The van der Waals surface area contributed by atoms with Crippen LogP contribution < -0.4 is 10.1 Å². The molecule has 5 rings (SSSR count). The van der Waals surface area contributed by atoms with Gasteiger partial charge in [-0.05, 0) is 48.9 Å². The van der Waals surface area contributed by atoms with Crippen molar-refractivity contribution >= 4 is 11.0 Å². The smallest absolute Gasteiger partial charge is 0.416 e. The lowest BCUT2D eigenvalue weighted by Crippen LogP contribution is -2.46. The highest BCUT2D eigenvalue weighted by atomic mass is 19.4. The molecule has 0 amide bonds. The largest absolute Gasteiger partial charge is 0.490 e.